The quantitative estimate of drug-likeness (QED) is 0.546. The maximum atomic E-state index is 14.1. The first-order chi connectivity index (χ1) is 15.6. The zero-order valence-corrected chi connectivity index (χ0v) is 18.5. The maximum Gasteiger partial charge on any atom is 0.233 e. The van der Waals surface area contributed by atoms with Gasteiger partial charge in [0.2, 0.25) is 5.91 Å². The highest BCUT2D eigenvalue weighted by molar-refractivity contribution is 7.99. The molecule has 0 N–H and O–H groups in total. The first-order valence-electron chi connectivity index (χ1n) is 10.6. The van der Waals surface area contributed by atoms with Crippen LogP contribution in [0.2, 0.25) is 0 Å². The molecule has 166 valence electrons. The second kappa shape index (κ2) is 8.82. The molecule has 5 rings (SSSR count). The van der Waals surface area contributed by atoms with Crippen molar-refractivity contribution in [1.82, 2.24) is 19.7 Å². The molecule has 2 aliphatic rings. The van der Waals surface area contributed by atoms with E-state index in [1.54, 1.807) is 29.8 Å². The number of carbonyl (C=O) groups excluding carboxylic acids is 1. The number of carbonyl (C=O) groups is 1. The van der Waals surface area contributed by atoms with E-state index in [0.29, 0.717) is 29.8 Å². The number of halogens is 1. The molecule has 0 radical (unpaired) electrons. The van der Waals surface area contributed by atoms with E-state index in [4.69, 9.17) is 9.47 Å². The summed E-state index contributed by atoms with van der Waals surface area (Å²) in [6, 6.07) is 12.4. The van der Waals surface area contributed by atoms with Gasteiger partial charge in [0.05, 0.1) is 17.4 Å². The van der Waals surface area contributed by atoms with E-state index < -0.39 is 0 Å². The monoisotopic (exact) mass is 454 g/mol. The van der Waals surface area contributed by atoms with E-state index in [2.05, 4.69) is 10.2 Å². The highest BCUT2D eigenvalue weighted by Gasteiger charge is 2.31. The normalized spacial score (nSPS) is 17.6. The van der Waals surface area contributed by atoms with Crippen molar-refractivity contribution in [2.24, 2.45) is 7.05 Å². The zero-order chi connectivity index (χ0) is 22.1. The molecule has 1 unspecified atom stereocenters. The maximum absolute atomic E-state index is 14.1. The number of rotatable bonds is 5. The molecule has 0 bridgehead atoms. The predicted molar refractivity (Wildman–Crippen MR) is 118 cm³/mol. The molecule has 7 nitrogen and oxygen atoms in total. The van der Waals surface area contributed by atoms with Gasteiger partial charge >= 0.3 is 0 Å². The lowest BCUT2D eigenvalue weighted by Gasteiger charge is -2.26. The van der Waals surface area contributed by atoms with Gasteiger partial charge in [0, 0.05) is 13.6 Å². The molecule has 3 heterocycles. The molecule has 1 fully saturated rings. The summed E-state index contributed by atoms with van der Waals surface area (Å²) in [6.45, 7) is 1.81. The third kappa shape index (κ3) is 3.92. The van der Waals surface area contributed by atoms with Gasteiger partial charge in [0.1, 0.15) is 19.0 Å². The highest BCUT2D eigenvalue weighted by atomic mass is 32.2. The summed E-state index contributed by atoms with van der Waals surface area (Å²) in [4.78, 5) is 15.0. The Kier molecular flexibility index (Phi) is 5.73. The summed E-state index contributed by atoms with van der Waals surface area (Å²) in [5, 5.41) is 8.87. The van der Waals surface area contributed by atoms with Crippen molar-refractivity contribution in [1.29, 1.82) is 0 Å². The summed E-state index contributed by atoms with van der Waals surface area (Å²) >= 11 is 1.31. The van der Waals surface area contributed by atoms with Gasteiger partial charge in [-0.1, -0.05) is 30.0 Å². The van der Waals surface area contributed by atoms with Gasteiger partial charge in [-0.3, -0.25) is 4.79 Å². The molecular formula is C23H23FN4O3S. The van der Waals surface area contributed by atoms with Gasteiger partial charge in [0.15, 0.2) is 22.5 Å². The Balaban J connectivity index is 1.28. The van der Waals surface area contributed by atoms with E-state index in [9.17, 15) is 9.18 Å². The largest absolute Gasteiger partial charge is 0.486 e. The molecule has 0 saturated carbocycles. The summed E-state index contributed by atoms with van der Waals surface area (Å²) in [6.07, 6.45) is 1.87. The Morgan fingerprint density at radius 2 is 1.97 bits per heavy atom. The number of ether oxygens (including phenoxy) is 2. The van der Waals surface area contributed by atoms with Crippen LogP contribution in [-0.4, -0.2) is 51.1 Å². The number of aromatic nitrogens is 3. The summed E-state index contributed by atoms with van der Waals surface area (Å²) in [7, 11) is 1.78. The molecule has 1 atom stereocenters. The average molecular weight is 455 g/mol. The first-order valence-corrected chi connectivity index (χ1v) is 11.6. The Hall–Kier alpha value is -3.07. The van der Waals surface area contributed by atoms with E-state index in [0.717, 1.165) is 36.4 Å². The second-order valence-corrected chi connectivity index (χ2v) is 8.72. The number of likely N-dealkylation sites (tertiary alicyclic amines) is 1. The van der Waals surface area contributed by atoms with Crippen molar-refractivity contribution in [2.75, 3.05) is 25.5 Å². The van der Waals surface area contributed by atoms with Gasteiger partial charge in [-0.05, 0) is 42.7 Å². The van der Waals surface area contributed by atoms with Crippen molar-refractivity contribution >= 4 is 17.7 Å². The Morgan fingerprint density at radius 3 is 2.81 bits per heavy atom. The van der Waals surface area contributed by atoms with Crippen LogP contribution in [0.1, 0.15) is 24.4 Å². The SMILES string of the molecule is Cn1c(SCC(=O)N2CCCC2c2ccc3c(c2)OCCO3)nnc1-c1ccccc1F. The van der Waals surface area contributed by atoms with Crippen LogP contribution in [0.15, 0.2) is 47.6 Å². The number of fused-ring (bicyclic) bond motifs is 1. The standard InChI is InChI=1S/C23H23FN4O3S/c1-27-22(16-5-2-3-6-17(16)24)25-26-23(27)32-14-21(29)28-10-4-7-18(28)15-8-9-19-20(13-15)31-12-11-30-19/h2-3,5-6,8-9,13,18H,4,7,10-12,14H2,1H3. The number of hydrogen-bond acceptors (Lipinski definition) is 6. The van der Waals surface area contributed by atoms with Crippen LogP contribution in [-0.2, 0) is 11.8 Å². The lowest BCUT2D eigenvalue weighted by molar-refractivity contribution is -0.129. The van der Waals surface area contributed by atoms with Crippen molar-refractivity contribution in [3.8, 4) is 22.9 Å². The number of benzene rings is 2. The highest BCUT2D eigenvalue weighted by Crippen LogP contribution is 2.38. The second-order valence-electron chi connectivity index (χ2n) is 7.78. The van der Waals surface area contributed by atoms with Crippen molar-refractivity contribution in [3.63, 3.8) is 0 Å². The van der Waals surface area contributed by atoms with Crippen LogP contribution in [0.4, 0.5) is 4.39 Å². The van der Waals surface area contributed by atoms with Gasteiger partial charge in [-0.2, -0.15) is 0 Å². The van der Waals surface area contributed by atoms with Crippen LogP contribution in [0, 0.1) is 5.82 Å². The molecule has 9 heteroatoms. The fourth-order valence-corrected chi connectivity index (χ4v) is 5.00. The third-order valence-electron chi connectivity index (χ3n) is 5.80. The molecule has 2 aromatic carbocycles. The van der Waals surface area contributed by atoms with Gasteiger partial charge in [-0.25, -0.2) is 4.39 Å². The molecule has 1 aromatic heterocycles. The smallest absolute Gasteiger partial charge is 0.233 e. The van der Waals surface area contributed by atoms with E-state index in [1.165, 1.54) is 17.8 Å². The van der Waals surface area contributed by atoms with Crippen molar-refractivity contribution in [2.45, 2.75) is 24.0 Å². The minimum Gasteiger partial charge on any atom is -0.486 e. The molecule has 32 heavy (non-hydrogen) atoms. The topological polar surface area (TPSA) is 69.5 Å². The number of nitrogens with zero attached hydrogens (tertiary/aromatic N) is 4. The van der Waals surface area contributed by atoms with Crippen LogP contribution in [0.5, 0.6) is 11.5 Å². The minimum atomic E-state index is -0.352. The van der Waals surface area contributed by atoms with Crippen LogP contribution >= 0.6 is 11.8 Å². The van der Waals surface area contributed by atoms with Crippen molar-refractivity contribution < 1.29 is 18.7 Å². The number of hydrogen-bond donors (Lipinski definition) is 0. The fourth-order valence-electron chi connectivity index (χ4n) is 4.21. The molecule has 3 aromatic rings. The Bertz CT molecular complexity index is 1150. The molecular weight excluding hydrogens is 431 g/mol. The summed E-state index contributed by atoms with van der Waals surface area (Å²) in [5.74, 6) is 1.86. The van der Waals surface area contributed by atoms with E-state index in [-0.39, 0.29) is 23.5 Å². The molecule has 0 aliphatic carbocycles. The van der Waals surface area contributed by atoms with Gasteiger partial charge in [-0.15, -0.1) is 10.2 Å². The van der Waals surface area contributed by atoms with Crippen LogP contribution in [0.3, 0.4) is 0 Å². The van der Waals surface area contributed by atoms with Crippen LogP contribution in [0.25, 0.3) is 11.4 Å². The third-order valence-corrected chi connectivity index (χ3v) is 6.80. The van der Waals surface area contributed by atoms with Gasteiger partial charge in [0.25, 0.3) is 0 Å². The predicted octanol–water partition coefficient (Wildman–Crippen LogP) is 3.85. The number of thioether (sulfide) groups is 1. The molecule has 1 saturated heterocycles. The minimum absolute atomic E-state index is 0.0207. The van der Waals surface area contributed by atoms with E-state index >= 15 is 0 Å². The zero-order valence-electron chi connectivity index (χ0n) is 17.7. The van der Waals surface area contributed by atoms with E-state index in [1.807, 2.05) is 23.1 Å². The van der Waals surface area contributed by atoms with Crippen LogP contribution < -0.4 is 9.47 Å². The fraction of sp³-hybridized carbons (Fsp3) is 0.348. The summed E-state index contributed by atoms with van der Waals surface area (Å²) in [5.41, 5.74) is 1.45. The lowest BCUT2D eigenvalue weighted by Crippen LogP contribution is -2.32. The Labute approximate surface area is 189 Å². The average Bonchev–Trinajstić information content (AvgIpc) is 3.45. The first kappa shape index (κ1) is 20.8. The number of amides is 1. The molecule has 1 amide bonds. The molecule has 0 spiro atoms. The van der Waals surface area contributed by atoms with Gasteiger partial charge < -0.3 is 18.9 Å². The molecule has 2 aliphatic heterocycles. The Morgan fingerprint density at radius 1 is 1.16 bits per heavy atom. The lowest BCUT2D eigenvalue weighted by atomic mass is 10.0. The summed E-state index contributed by atoms with van der Waals surface area (Å²) < 4.78 is 27.2. The van der Waals surface area contributed by atoms with Crippen molar-refractivity contribution in [3.05, 3.63) is 53.8 Å².